The Morgan fingerprint density at radius 3 is 2.23 bits per heavy atom. The number of rotatable bonds is 8. The summed E-state index contributed by atoms with van der Waals surface area (Å²) in [5.41, 5.74) is 4.31. The van der Waals surface area contributed by atoms with Gasteiger partial charge in [0.1, 0.15) is 17.6 Å². The van der Waals surface area contributed by atoms with Gasteiger partial charge in [0.2, 0.25) is 5.82 Å². The number of aromatic nitrogens is 2. The van der Waals surface area contributed by atoms with Crippen molar-refractivity contribution < 1.29 is 28.0 Å². The molecule has 196 valence electrons. The van der Waals surface area contributed by atoms with Crippen LogP contribution in [-0.4, -0.2) is 33.2 Å². The van der Waals surface area contributed by atoms with Crippen LogP contribution in [0, 0.1) is 19.7 Å². The number of halogens is 1. The van der Waals surface area contributed by atoms with Crippen LogP contribution in [0.1, 0.15) is 27.2 Å². The molecule has 2 heterocycles. The molecule has 0 saturated heterocycles. The van der Waals surface area contributed by atoms with E-state index in [-0.39, 0.29) is 23.9 Å². The molecule has 0 radical (unpaired) electrons. The zero-order valence-electron chi connectivity index (χ0n) is 21.1. The highest BCUT2D eigenvalue weighted by Gasteiger charge is 2.24. The first-order valence-electron chi connectivity index (χ1n) is 12.2. The second kappa shape index (κ2) is 10.7. The molecular weight excluding hydrogens is 501 g/mol. The Bertz CT molecular complexity index is 1640. The average molecular weight is 526 g/mol. The maximum Gasteiger partial charge on any atom is 0.326 e. The van der Waals surface area contributed by atoms with Gasteiger partial charge in [-0.1, -0.05) is 52.7 Å². The van der Waals surface area contributed by atoms with Gasteiger partial charge in [0.15, 0.2) is 5.76 Å². The van der Waals surface area contributed by atoms with E-state index in [9.17, 15) is 19.1 Å². The third-order valence-corrected chi connectivity index (χ3v) is 6.15. The van der Waals surface area contributed by atoms with E-state index in [0.29, 0.717) is 22.5 Å². The first kappa shape index (κ1) is 25.6. The molecule has 5 rings (SSSR count). The van der Waals surface area contributed by atoms with Crippen molar-refractivity contribution in [3.05, 3.63) is 107 Å². The Hall–Kier alpha value is -5.05. The van der Waals surface area contributed by atoms with Crippen molar-refractivity contribution in [2.24, 2.45) is 0 Å². The van der Waals surface area contributed by atoms with Gasteiger partial charge in [-0.3, -0.25) is 4.79 Å². The molecule has 2 N–H and O–H groups in total. The molecule has 5 aromatic rings. The predicted octanol–water partition coefficient (Wildman–Crippen LogP) is 5.85. The minimum absolute atomic E-state index is 0.0350. The first-order chi connectivity index (χ1) is 18.7. The van der Waals surface area contributed by atoms with Crippen molar-refractivity contribution in [2.45, 2.75) is 26.3 Å². The average Bonchev–Trinajstić information content (AvgIpc) is 3.60. The molecule has 0 aliphatic carbocycles. The van der Waals surface area contributed by atoms with Crippen molar-refractivity contribution in [1.82, 2.24) is 15.5 Å². The number of aryl methyl sites for hydroxylation is 2. The summed E-state index contributed by atoms with van der Waals surface area (Å²) in [6.07, 6.45) is -0.181. The van der Waals surface area contributed by atoms with Gasteiger partial charge in [0.05, 0.1) is 0 Å². The Kier molecular flexibility index (Phi) is 7.05. The molecule has 0 fully saturated rings. The summed E-state index contributed by atoms with van der Waals surface area (Å²) in [6.45, 7) is 3.92. The van der Waals surface area contributed by atoms with Gasteiger partial charge in [-0.2, -0.15) is 4.98 Å². The van der Waals surface area contributed by atoms with Crippen LogP contribution in [0.15, 0.2) is 87.8 Å². The lowest BCUT2D eigenvalue weighted by Gasteiger charge is -2.14. The van der Waals surface area contributed by atoms with Gasteiger partial charge >= 0.3 is 5.97 Å². The van der Waals surface area contributed by atoms with Crippen LogP contribution in [0.4, 0.5) is 4.39 Å². The highest BCUT2D eigenvalue weighted by molar-refractivity contribution is 5.94. The molecule has 0 bridgehead atoms. The predicted molar refractivity (Wildman–Crippen MR) is 141 cm³/mol. The largest absolute Gasteiger partial charge is 0.480 e. The smallest absolute Gasteiger partial charge is 0.326 e. The number of benzene rings is 3. The number of hydrogen-bond donors (Lipinski definition) is 2. The molecule has 1 unspecified atom stereocenters. The number of carbonyl (C=O) groups is 2. The van der Waals surface area contributed by atoms with E-state index in [0.717, 1.165) is 16.7 Å². The highest BCUT2D eigenvalue weighted by Crippen LogP contribution is 2.25. The van der Waals surface area contributed by atoms with Gasteiger partial charge in [0, 0.05) is 23.1 Å². The second-order valence-electron chi connectivity index (χ2n) is 9.24. The first-order valence-corrected chi connectivity index (χ1v) is 12.2. The van der Waals surface area contributed by atoms with E-state index >= 15 is 0 Å². The minimum atomic E-state index is -1.34. The summed E-state index contributed by atoms with van der Waals surface area (Å²) in [5, 5.41) is 16.2. The number of nitrogens with zero attached hydrogens (tertiary/aromatic N) is 2. The number of furan rings is 1. The Morgan fingerprint density at radius 2 is 1.56 bits per heavy atom. The monoisotopic (exact) mass is 525 g/mol. The number of carboxylic acids is 1. The molecule has 0 spiro atoms. The van der Waals surface area contributed by atoms with E-state index in [1.54, 1.807) is 12.1 Å². The normalized spacial score (nSPS) is 11.8. The molecule has 39 heavy (non-hydrogen) atoms. The van der Waals surface area contributed by atoms with Gasteiger partial charge in [-0.25, -0.2) is 9.18 Å². The maximum atomic E-state index is 14.5. The van der Waals surface area contributed by atoms with E-state index in [1.807, 2.05) is 62.4 Å². The van der Waals surface area contributed by atoms with Gasteiger partial charge in [-0.15, -0.1) is 0 Å². The summed E-state index contributed by atoms with van der Waals surface area (Å²) in [5.74, 6) is -1.71. The lowest BCUT2D eigenvalue weighted by atomic mass is 10.0. The molecule has 0 saturated carbocycles. The van der Waals surface area contributed by atoms with Gasteiger partial charge in [0.25, 0.3) is 11.8 Å². The lowest BCUT2D eigenvalue weighted by molar-refractivity contribution is -0.139. The van der Waals surface area contributed by atoms with E-state index in [2.05, 4.69) is 15.5 Å². The van der Waals surface area contributed by atoms with Crippen LogP contribution in [0.3, 0.4) is 0 Å². The standard InChI is InChI=1S/C30H24FN3O5/c1-17-3-7-20(8-4-17)25-11-12-26(38-25)28(35)32-24(30(36)37)15-19-13-22(16-23(31)14-19)27-33-29(39-34-27)21-9-5-18(2)6-10-21/h3-14,16,24H,15H2,1-2H3,(H,32,35)(H,36,37). The van der Waals surface area contributed by atoms with Crippen LogP contribution in [-0.2, 0) is 11.2 Å². The fourth-order valence-corrected chi connectivity index (χ4v) is 4.05. The van der Waals surface area contributed by atoms with Crippen LogP contribution in [0.25, 0.3) is 34.2 Å². The number of nitrogens with one attached hydrogen (secondary N) is 1. The third kappa shape index (κ3) is 5.93. The van der Waals surface area contributed by atoms with Crippen molar-refractivity contribution in [3.8, 4) is 34.2 Å². The van der Waals surface area contributed by atoms with Crippen LogP contribution in [0.5, 0.6) is 0 Å². The molecular formula is C30H24FN3O5. The van der Waals surface area contributed by atoms with Crippen LogP contribution >= 0.6 is 0 Å². The highest BCUT2D eigenvalue weighted by atomic mass is 19.1. The molecule has 9 heteroatoms. The molecule has 1 atom stereocenters. The van der Waals surface area contributed by atoms with Gasteiger partial charge < -0.3 is 19.4 Å². The van der Waals surface area contributed by atoms with Crippen LogP contribution < -0.4 is 5.32 Å². The van der Waals surface area contributed by atoms with E-state index in [4.69, 9.17) is 8.94 Å². The van der Waals surface area contributed by atoms with Crippen molar-refractivity contribution in [3.63, 3.8) is 0 Å². The summed E-state index contributed by atoms with van der Waals surface area (Å²) in [7, 11) is 0. The molecule has 2 aromatic heterocycles. The van der Waals surface area contributed by atoms with Gasteiger partial charge in [-0.05, 0) is 61.9 Å². The molecule has 0 aliphatic heterocycles. The SMILES string of the molecule is Cc1ccc(-c2ccc(C(=O)NC(Cc3cc(F)cc(-c4noc(-c5ccc(C)cc5)n4)c3)C(=O)O)o2)cc1. The number of amides is 1. The van der Waals surface area contributed by atoms with E-state index < -0.39 is 23.7 Å². The fraction of sp³-hybridized carbons (Fsp3) is 0.133. The Labute approximate surface area is 223 Å². The number of aliphatic carboxylic acids is 1. The topological polar surface area (TPSA) is 118 Å². The summed E-state index contributed by atoms with van der Waals surface area (Å²) < 4.78 is 25.5. The van der Waals surface area contributed by atoms with Crippen molar-refractivity contribution >= 4 is 11.9 Å². The summed E-state index contributed by atoms with van der Waals surface area (Å²) in [4.78, 5) is 29.1. The summed E-state index contributed by atoms with van der Waals surface area (Å²) in [6, 6.07) is 20.9. The quantitative estimate of drug-likeness (QED) is 0.261. The van der Waals surface area contributed by atoms with Crippen molar-refractivity contribution in [1.29, 1.82) is 0 Å². The molecule has 0 aliphatic rings. The van der Waals surface area contributed by atoms with Crippen molar-refractivity contribution in [2.75, 3.05) is 0 Å². The summed E-state index contributed by atoms with van der Waals surface area (Å²) >= 11 is 0. The molecule has 1 amide bonds. The number of hydrogen-bond acceptors (Lipinski definition) is 6. The third-order valence-electron chi connectivity index (χ3n) is 6.15. The second-order valence-corrected chi connectivity index (χ2v) is 9.24. The lowest BCUT2D eigenvalue weighted by Crippen LogP contribution is -2.42. The number of carbonyl (C=O) groups excluding carboxylic acids is 1. The fourth-order valence-electron chi connectivity index (χ4n) is 4.05. The zero-order valence-corrected chi connectivity index (χ0v) is 21.1. The zero-order chi connectivity index (χ0) is 27.5. The minimum Gasteiger partial charge on any atom is -0.480 e. The molecule has 8 nitrogen and oxygen atoms in total. The maximum absolute atomic E-state index is 14.5. The molecule has 3 aromatic carbocycles. The van der Waals surface area contributed by atoms with Crippen LogP contribution in [0.2, 0.25) is 0 Å². The van der Waals surface area contributed by atoms with E-state index in [1.165, 1.54) is 18.2 Å². The Balaban J connectivity index is 1.32. The Morgan fingerprint density at radius 1 is 0.897 bits per heavy atom. The number of carboxylic acid groups (broad SMARTS) is 1.